The highest BCUT2D eigenvalue weighted by molar-refractivity contribution is 6.46. The van der Waals surface area contributed by atoms with Gasteiger partial charge in [-0.05, 0) is 66.3 Å². The molecule has 2 aliphatic rings. The molecule has 2 aliphatic heterocycles. The van der Waals surface area contributed by atoms with E-state index in [1.807, 2.05) is 73.7 Å². The molecule has 2 atom stereocenters. The van der Waals surface area contributed by atoms with Crippen LogP contribution in [0.3, 0.4) is 0 Å². The van der Waals surface area contributed by atoms with E-state index in [-0.39, 0.29) is 24.0 Å². The molecule has 38 heavy (non-hydrogen) atoms. The molecular weight excluding hydrogens is 478 g/mol. The molecule has 0 radical (unpaired) electrons. The van der Waals surface area contributed by atoms with E-state index in [0.717, 1.165) is 29.7 Å². The molecule has 0 unspecified atom stereocenters. The number of likely N-dealkylation sites (tertiary alicyclic amines) is 1. The lowest BCUT2D eigenvalue weighted by atomic mass is 9.94. The van der Waals surface area contributed by atoms with Gasteiger partial charge in [0.05, 0.1) is 18.2 Å². The molecule has 3 aromatic rings. The number of ether oxygens (including phenoxy) is 2. The Hall–Kier alpha value is -4.06. The van der Waals surface area contributed by atoms with Crippen LogP contribution in [0.15, 0.2) is 78.4 Å². The topological polar surface area (TPSA) is 76.1 Å². The van der Waals surface area contributed by atoms with Crippen LogP contribution < -0.4 is 9.47 Å². The fourth-order valence-electron chi connectivity index (χ4n) is 5.08. The average molecular weight is 512 g/mol. The zero-order valence-electron chi connectivity index (χ0n) is 22.0. The fraction of sp³-hybridized carbons (Fsp3) is 0.312. The van der Waals surface area contributed by atoms with Crippen molar-refractivity contribution in [2.45, 2.75) is 52.3 Å². The Bertz CT molecular complexity index is 1380. The highest BCUT2D eigenvalue weighted by atomic mass is 16.5. The third-order valence-corrected chi connectivity index (χ3v) is 7.04. The first-order valence-electron chi connectivity index (χ1n) is 13.2. The van der Waals surface area contributed by atoms with Crippen LogP contribution in [-0.2, 0) is 22.6 Å². The van der Waals surface area contributed by atoms with Gasteiger partial charge in [-0.1, -0.05) is 56.3 Å². The summed E-state index contributed by atoms with van der Waals surface area (Å²) in [4.78, 5) is 28.4. The van der Waals surface area contributed by atoms with Crippen LogP contribution in [0, 0.1) is 5.92 Å². The van der Waals surface area contributed by atoms with E-state index < -0.39 is 17.7 Å². The number of Topliss-reactive ketones (excluding diaryl/α,β-unsaturated/α-hetero) is 1. The van der Waals surface area contributed by atoms with Gasteiger partial charge in [0.25, 0.3) is 11.7 Å². The van der Waals surface area contributed by atoms with E-state index in [9.17, 15) is 14.7 Å². The quantitative estimate of drug-likeness (QED) is 0.226. The van der Waals surface area contributed by atoms with Crippen molar-refractivity contribution in [2.24, 2.45) is 5.92 Å². The second-order valence-corrected chi connectivity index (χ2v) is 10.5. The predicted octanol–water partition coefficient (Wildman–Crippen LogP) is 6.06. The van der Waals surface area contributed by atoms with Crippen LogP contribution >= 0.6 is 0 Å². The van der Waals surface area contributed by atoms with Crippen molar-refractivity contribution < 1.29 is 24.2 Å². The first-order chi connectivity index (χ1) is 18.3. The van der Waals surface area contributed by atoms with Gasteiger partial charge in [0.2, 0.25) is 0 Å². The Balaban J connectivity index is 1.57. The summed E-state index contributed by atoms with van der Waals surface area (Å²) in [6.45, 7) is 7.08. The Morgan fingerprint density at radius 3 is 2.61 bits per heavy atom. The number of rotatable bonds is 8. The van der Waals surface area contributed by atoms with Crippen molar-refractivity contribution in [3.8, 4) is 11.5 Å². The van der Waals surface area contributed by atoms with Crippen molar-refractivity contribution in [2.75, 3.05) is 6.61 Å². The number of carbonyl (C=O) groups excluding carboxylic acids is 2. The van der Waals surface area contributed by atoms with Gasteiger partial charge in [-0.2, -0.15) is 0 Å². The van der Waals surface area contributed by atoms with Gasteiger partial charge in [0, 0.05) is 18.5 Å². The molecule has 0 aliphatic carbocycles. The molecule has 1 N–H and O–H groups in total. The molecule has 1 saturated heterocycles. The van der Waals surface area contributed by atoms with Gasteiger partial charge in [-0.15, -0.1) is 0 Å². The van der Waals surface area contributed by atoms with Crippen molar-refractivity contribution >= 4 is 17.4 Å². The number of amides is 1. The summed E-state index contributed by atoms with van der Waals surface area (Å²) in [7, 11) is 0. The van der Waals surface area contributed by atoms with Gasteiger partial charge in [-0.3, -0.25) is 9.59 Å². The van der Waals surface area contributed by atoms with E-state index in [0.29, 0.717) is 29.4 Å². The Labute approximate surface area is 223 Å². The maximum atomic E-state index is 13.5. The summed E-state index contributed by atoms with van der Waals surface area (Å²) in [6.07, 6.45) is 1.69. The van der Waals surface area contributed by atoms with Gasteiger partial charge < -0.3 is 19.5 Å². The van der Waals surface area contributed by atoms with Crippen molar-refractivity contribution in [3.05, 3.63) is 101 Å². The van der Waals surface area contributed by atoms with Crippen LogP contribution in [0.2, 0.25) is 0 Å². The molecule has 0 aromatic heterocycles. The van der Waals surface area contributed by atoms with Crippen LogP contribution in [0.1, 0.15) is 55.5 Å². The monoisotopic (exact) mass is 511 g/mol. The van der Waals surface area contributed by atoms with Crippen LogP contribution in [0.4, 0.5) is 0 Å². The number of ketones is 1. The van der Waals surface area contributed by atoms with Gasteiger partial charge in [-0.25, -0.2) is 0 Å². The summed E-state index contributed by atoms with van der Waals surface area (Å²) in [5.74, 6) is 0.442. The number of hydrogen-bond acceptors (Lipinski definition) is 5. The first-order valence-corrected chi connectivity index (χ1v) is 13.2. The average Bonchev–Trinajstić information content (AvgIpc) is 3.40. The molecule has 1 fully saturated rings. The molecule has 2 heterocycles. The SMILES string of the molecule is CC(C)CCOc1cccc([C@@H]2/C(=C(\O)c3ccc4c(c3)C[C@H](C)O4)C(=O)C(=O)N2Cc2ccccc2)c1. The molecule has 5 rings (SSSR count). The van der Waals surface area contributed by atoms with Crippen LogP contribution in [0.5, 0.6) is 11.5 Å². The lowest BCUT2D eigenvalue weighted by Gasteiger charge is -2.26. The molecule has 6 nitrogen and oxygen atoms in total. The molecule has 0 bridgehead atoms. The highest BCUT2D eigenvalue weighted by Crippen LogP contribution is 2.42. The molecule has 3 aromatic carbocycles. The van der Waals surface area contributed by atoms with E-state index in [1.54, 1.807) is 6.07 Å². The smallest absolute Gasteiger partial charge is 0.295 e. The fourth-order valence-corrected chi connectivity index (χ4v) is 5.08. The van der Waals surface area contributed by atoms with Crippen molar-refractivity contribution in [1.29, 1.82) is 0 Å². The Kier molecular flexibility index (Phi) is 7.23. The number of nitrogens with zero attached hydrogens (tertiary/aromatic N) is 1. The standard InChI is InChI=1S/C32H33NO5/c1-20(2)14-15-37-26-11-7-10-23(18-26)29-28(30(34)24-12-13-27-25(17-24)16-21(3)38-27)31(35)32(36)33(29)19-22-8-5-4-6-9-22/h4-13,17-18,20-21,29,34H,14-16,19H2,1-3H3/b30-28+/t21-,29+/m0/s1. The number of aliphatic hydroxyl groups is 1. The summed E-state index contributed by atoms with van der Waals surface area (Å²) in [6, 6.07) is 21.6. The van der Waals surface area contributed by atoms with E-state index in [4.69, 9.17) is 9.47 Å². The number of aliphatic hydroxyl groups excluding tert-OH is 1. The second kappa shape index (κ2) is 10.7. The lowest BCUT2D eigenvalue weighted by Crippen LogP contribution is -2.29. The number of benzene rings is 3. The minimum atomic E-state index is -0.757. The minimum Gasteiger partial charge on any atom is -0.507 e. The molecule has 6 heteroatoms. The Morgan fingerprint density at radius 2 is 1.84 bits per heavy atom. The zero-order chi connectivity index (χ0) is 26.8. The maximum Gasteiger partial charge on any atom is 0.295 e. The zero-order valence-corrected chi connectivity index (χ0v) is 22.0. The van der Waals surface area contributed by atoms with Crippen LogP contribution in [0.25, 0.3) is 5.76 Å². The van der Waals surface area contributed by atoms with Crippen molar-refractivity contribution in [3.63, 3.8) is 0 Å². The van der Waals surface area contributed by atoms with E-state index >= 15 is 0 Å². The first kappa shape index (κ1) is 25.6. The normalized spacial score (nSPS) is 20.1. The third-order valence-electron chi connectivity index (χ3n) is 7.04. The van der Waals surface area contributed by atoms with Gasteiger partial charge >= 0.3 is 0 Å². The van der Waals surface area contributed by atoms with Gasteiger partial charge in [0.1, 0.15) is 23.4 Å². The van der Waals surface area contributed by atoms with E-state index in [2.05, 4.69) is 13.8 Å². The molecule has 0 spiro atoms. The molecule has 1 amide bonds. The second-order valence-electron chi connectivity index (χ2n) is 10.5. The minimum absolute atomic E-state index is 0.0530. The maximum absolute atomic E-state index is 13.5. The van der Waals surface area contributed by atoms with Crippen LogP contribution in [-0.4, -0.2) is 34.4 Å². The van der Waals surface area contributed by atoms with E-state index in [1.165, 1.54) is 4.90 Å². The molecule has 196 valence electrons. The summed E-state index contributed by atoms with van der Waals surface area (Å²) in [5.41, 5.74) is 3.15. The summed E-state index contributed by atoms with van der Waals surface area (Å²) >= 11 is 0. The molecule has 0 saturated carbocycles. The number of carbonyl (C=O) groups is 2. The van der Waals surface area contributed by atoms with Gasteiger partial charge in [0.15, 0.2) is 0 Å². The number of fused-ring (bicyclic) bond motifs is 1. The van der Waals surface area contributed by atoms with Crippen molar-refractivity contribution in [1.82, 2.24) is 4.90 Å². The lowest BCUT2D eigenvalue weighted by molar-refractivity contribution is -0.140. The highest BCUT2D eigenvalue weighted by Gasteiger charge is 2.46. The molecular formula is C32H33NO5. The third kappa shape index (κ3) is 5.17. The predicted molar refractivity (Wildman–Crippen MR) is 146 cm³/mol. The summed E-state index contributed by atoms with van der Waals surface area (Å²) < 4.78 is 11.8. The largest absolute Gasteiger partial charge is 0.507 e. The Morgan fingerprint density at radius 1 is 1.05 bits per heavy atom. The number of hydrogen-bond donors (Lipinski definition) is 1. The summed E-state index contributed by atoms with van der Waals surface area (Å²) in [5, 5.41) is 11.5.